The van der Waals surface area contributed by atoms with Gasteiger partial charge in [-0.05, 0) is 89.6 Å². The highest BCUT2D eigenvalue weighted by Crippen LogP contribution is 2.48. The maximum atomic E-state index is 9.95. The van der Waals surface area contributed by atoms with Crippen LogP contribution in [0.1, 0.15) is 4.11 Å². The van der Waals surface area contributed by atoms with Crippen LogP contribution in [0.3, 0.4) is 0 Å². The molecule has 0 fully saturated rings. The summed E-state index contributed by atoms with van der Waals surface area (Å²) in [6, 6.07) is 55.6. The second-order valence-corrected chi connectivity index (χ2v) is 12.5. The van der Waals surface area contributed by atoms with E-state index < -0.39 is 0 Å². The molecular weight excluding hydrogens is 593 g/mol. The van der Waals surface area contributed by atoms with E-state index in [-0.39, 0.29) is 18.1 Å². The van der Waals surface area contributed by atoms with E-state index in [1.807, 2.05) is 84.9 Å². The van der Waals surface area contributed by atoms with Gasteiger partial charge < -0.3 is 4.42 Å². The highest BCUT2D eigenvalue weighted by molar-refractivity contribution is 6.27. The van der Waals surface area contributed by atoms with Crippen molar-refractivity contribution in [3.05, 3.63) is 182 Å². The Labute approximate surface area is 288 Å². The van der Waals surface area contributed by atoms with Crippen molar-refractivity contribution < 1.29 is 8.53 Å². The first-order chi connectivity index (χ1) is 25.6. The van der Waals surface area contributed by atoms with Gasteiger partial charge >= 0.3 is 0 Å². The first-order valence-corrected chi connectivity index (χ1v) is 16.6. The van der Waals surface area contributed by atoms with Gasteiger partial charge in [-0.3, -0.25) is 0 Å². The molecule has 0 radical (unpaired) electrons. The van der Waals surface area contributed by atoms with Gasteiger partial charge in [-0.2, -0.15) is 0 Å². The second kappa shape index (κ2) is 11.1. The van der Waals surface area contributed by atoms with E-state index in [4.69, 9.17) is 4.42 Å². The molecular formula is C48H30O. The Morgan fingerprint density at radius 3 is 1.61 bits per heavy atom. The number of hydrogen-bond donors (Lipinski definition) is 0. The highest BCUT2D eigenvalue weighted by atomic mass is 16.3. The van der Waals surface area contributed by atoms with Crippen LogP contribution in [0.25, 0.3) is 98.8 Å². The van der Waals surface area contributed by atoms with Gasteiger partial charge in [-0.1, -0.05) is 164 Å². The number of rotatable bonds is 4. The summed E-state index contributed by atoms with van der Waals surface area (Å²) >= 11 is 0. The van der Waals surface area contributed by atoms with Gasteiger partial charge in [0.15, 0.2) is 0 Å². The minimum Gasteiger partial charge on any atom is -0.455 e. The summed E-state index contributed by atoms with van der Waals surface area (Å²) in [6.45, 7) is 0. The fraction of sp³-hybridized carbons (Fsp3) is 0. The van der Waals surface area contributed by atoms with Crippen LogP contribution in [-0.2, 0) is 0 Å². The molecule has 49 heavy (non-hydrogen) atoms. The Kier molecular flexibility index (Phi) is 5.58. The molecule has 10 rings (SSSR count). The van der Waals surface area contributed by atoms with Crippen LogP contribution in [0.15, 0.2) is 186 Å². The Hall–Kier alpha value is -6.44. The maximum Gasteiger partial charge on any atom is 0.143 e. The van der Waals surface area contributed by atoms with Crippen molar-refractivity contribution in [1.29, 1.82) is 0 Å². The molecule has 0 spiro atoms. The van der Waals surface area contributed by atoms with E-state index >= 15 is 0 Å². The van der Waals surface area contributed by atoms with Crippen molar-refractivity contribution in [2.24, 2.45) is 0 Å². The summed E-state index contributed by atoms with van der Waals surface area (Å²) in [4.78, 5) is 0. The SMILES string of the molecule is [2H]c1c([2H])c(-c2ccccc2)c(-c2ccccc2)c([2H])c1-c1c2ccccc2c(-c2cccc3oc4c5ccccc5ccc4c23)c2ccccc12. The van der Waals surface area contributed by atoms with E-state index in [2.05, 4.69) is 78.9 Å². The molecule has 10 aromatic rings. The Balaban J connectivity index is 1.34. The predicted octanol–water partition coefficient (Wildman–Crippen LogP) is 13.7. The average Bonchev–Trinajstić information content (AvgIpc) is 3.59. The molecule has 1 heteroatoms. The first-order valence-electron chi connectivity index (χ1n) is 18.1. The lowest BCUT2D eigenvalue weighted by atomic mass is 9.83. The van der Waals surface area contributed by atoms with E-state index in [0.29, 0.717) is 16.7 Å². The maximum absolute atomic E-state index is 9.95. The van der Waals surface area contributed by atoms with Crippen LogP contribution in [0.2, 0.25) is 0 Å². The number of fused-ring (bicyclic) bond motifs is 7. The van der Waals surface area contributed by atoms with Crippen molar-refractivity contribution in [2.45, 2.75) is 0 Å². The van der Waals surface area contributed by atoms with Crippen LogP contribution in [0.5, 0.6) is 0 Å². The molecule has 1 heterocycles. The minimum absolute atomic E-state index is 0.0430. The zero-order chi connectivity index (χ0) is 34.9. The highest BCUT2D eigenvalue weighted by Gasteiger charge is 2.21. The van der Waals surface area contributed by atoms with Gasteiger partial charge in [0, 0.05) is 16.2 Å². The van der Waals surface area contributed by atoms with Gasteiger partial charge in [0.2, 0.25) is 0 Å². The number of hydrogen-bond acceptors (Lipinski definition) is 1. The summed E-state index contributed by atoms with van der Waals surface area (Å²) in [7, 11) is 0. The molecule has 0 atom stereocenters. The Bertz CT molecular complexity index is 2980. The van der Waals surface area contributed by atoms with Crippen LogP contribution in [0.4, 0.5) is 0 Å². The zero-order valence-corrected chi connectivity index (χ0v) is 26.5. The van der Waals surface area contributed by atoms with Crippen molar-refractivity contribution in [3.8, 4) is 44.5 Å². The third-order valence-corrected chi connectivity index (χ3v) is 9.78. The molecule has 0 saturated carbocycles. The van der Waals surface area contributed by atoms with Gasteiger partial charge in [-0.15, -0.1) is 0 Å². The van der Waals surface area contributed by atoms with Crippen molar-refractivity contribution in [1.82, 2.24) is 0 Å². The fourth-order valence-corrected chi connectivity index (χ4v) is 7.62. The van der Waals surface area contributed by atoms with Gasteiger partial charge in [0.05, 0.1) is 4.11 Å². The van der Waals surface area contributed by atoms with Crippen LogP contribution in [0, 0.1) is 0 Å². The van der Waals surface area contributed by atoms with Gasteiger partial charge in [0.25, 0.3) is 0 Å². The van der Waals surface area contributed by atoms with E-state index in [0.717, 1.165) is 82.1 Å². The largest absolute Gasteiger partial charge is 0.455 e. The summed E-state index contributed by atoms with van der Waals surface area (Å²) < 4.78 is 35.7. The molecule has 0 N–H and O–H groups in total. The quantitative estimate of drug-likeness (QED) is 0.177. The first kappa shape index (κ1) is 24.7. The summed E-state index contributed by atoms with van der Waals surface area (Å²) in [5.41, 5.74) is 8.01. The third-order valence-electron chi connectivity index (χ3n) is 9.78. The van der Waals surface area contributed by atoms with Crippen molar-refractivity contribution in [3.63, 3.8) is 0 Å². The number of furan rings is 1. The second-order valence-electron chi connectivity index (χ2n) is 12.5. The Morgan fingerprint density at radius 1 is 0.367 bits per heavy atom. The summed E-state index contributed by atoms with van der Waals surface area (Å²) in [6.07, 6.45) is 0. The minimum atomic E-state index is 0.0430. The monoisotopic (exact) mass is 625 g/mol. The smallest absolute Gasteiger partial charge is 0.143 e. The molecule has 0 aliphatic rings. The topological polar surface area (TPSA) is 13.1 Å². The zero-order valence-electron chi connectivity index (χ0n) is 29.5. The molecule has 1 aromatic heterocycles. The molecule has 0 bridgehead atoms. The average molecular weight is 626 g/mol. The normalized spacial score (nSPS) is 12.5. The lowest BCUT2D eigenvalue weighted by Crippen LogP contribution is -1.92. The Morgan fingerprint density at radius 2 is 0.939 bits per heavy atom. The molecule has 0 saturated heterocycles. The summed E-state index contributed by atoms with van der Waals surface area (Å²) in [5.74, 6) is 0. The lowest BCUT2D eigenvalue weighted by molar-refractivity contribution is 0.673. The lowest BCUT2D eigenvalue weighted by Gasteiger charge is -2.19. The molecule has 9 aromatic carbocycles. The van der Waals surface area contributed by atoms with Crippen LogP contribution in [-0.4, -0.2) is 0 Å². The molecule has 0 unspecified atom stereocenters. The van der Waals surface area contributed by atoms with Crippen LogP contribution < -0.4 is 0 Å². The van der Waals surface area contributed by atoms with E-state index in [9.17, 15) is 4.11 Å². The standard InChI is InChI=1S/C48H30O/c1-3-14-31(15-4-1)35-28-27-34(30-43(35)32-16-5-2-6-17-32)45-37-20-9-11-22-39(37)46(40-23-12-10-21-38(40)45)41-24-13-25-44-47(41)42-29-26-33-18-7-8-19-36(33)48(42)49-44/h1-30H/i27D,28D,30D. The predicted molar refractivity (Wildman–Crippen MR) is 208 cm³/mol. The van der Waals surface area contributed by atoms with E-state index in [1.165, 1.54) is 0 Å². The van der Waals surface area contributed by atoms with Gasteiger partial charge in [-0.25, -0.2) is 0 Å². The van der Waals surface area contributed by atoms with Gasteiger partial charge in [0.1, 0.15) is 11.2 Å². The van der Waals surface area contributed by atoms with E-state index in [1.54, 1.807) is 0 Å². The molecule has 0 aliphatic carbocycles. The molecule has 1 nitrogen and oxygen atoms in total. The fourth-order valence-electron chi connectivity index (χ4n) is 7.62. The summed E-state index contributed by atoms with van der Waals surface area (Å²) in [5, 5.41) is 8.22. The van der Waals surface area contributed by atoms with Crippen LogP contribution >= 0.6 is 0 Å². The number of benzene rings is 9. The molecule has 0 aliphatic heterocycles. The molecule has 228 valence electrons. The molecule has 0 amide bonds. The third kappa shape index (κ3) is 4.33. The van der Waals surface area contributed by atoms with Crippen molar-refractivity contribution in [2.75, 3.05) is 0 Å². The van der Waals surface area contributed by atoms with Crippen molar-refractivity contribution >= 4 is 54.3 Å².